The molecule has 5 rings (SSSR count). The molecular weight excluding hydrogens is 382 g/mol. The minimum atomic E-state index is -0.773. The minimum Gasteiger partial charge on any atom is -0.387 e. The summed E-state index contributed by atoms with van der Waals surface area (Å²) in [6.45, 7) is 4.86. The third kappa shape index (κ3) is 3.91. The lowest BCUT2D eigenvalue weighted by Crippen LogP contribution is -2.53. The maximum absolute atomic E-state index is 11.1. The number of fused-ring (bicyclic) bond motifs is 3. The van der Waals surface area contributed by atoms with Gasteiger partial charge in [0.1, 0.15) is 30.5 Å². The molecule has 3 fully saturated rings. The zero-order chi connectivity index (χ0) is 20.7. The zero-order valence-corrected chi connectivity index (χ0v) is 17.4. The van der Waals surface area contributed by atoms with Crippen LogP contribution in [0, 0.1) is 0 Å². The predicted molar refractivity (Wildman–Crippen MR) is 110 cm³/mol. The Morgan fingerprint density at radius 1 is 0.967 bits per heavy atom. The van der Waals surface area contributed by atoms with E-state index in [4.69, 9.17) is 19.0 Å². The molecule has 2 bridgehead atoms. The third-order valence-electron chi connectivity index (χ3n) is 6.17. The highest BCUT2D eigenvalue weighted by atomic mass is 16.8. The van der Waals surface area contributed by atoms with Crippen molar-refractivity contribution in [3.8, 4) is 0 Å². The Balaban J connectivity index is 1.42. The lowest BCUT2D eigenvalue weighted by molar-refractivity contribution is -0.237. The lowest BCUT2D eigenvalue weighted by Gasteiger charge is -2.36. The Kier molecular flexibility index (Phi) is 5.39. The van der Waals surface area contributed by atoms with E-state index in [1.54, 1.807) is 0 Å². The fourth-order valence-corrected chi connectivity index (χ4v) is 4.81. The zero-order valence-electron chi connectivity index (χ0n) is 17.4. The number of rotatable bonds is 5. The second kappa shape index (κ2) is 8.04. The molecule has 160 valence electrons. The molecule has 6 atom stereocenters. The molecule has 1 saturated carbocycles. The van der Waals surface area contributed by atoms with Gasteiger partial charge in [0.05, 0.1) is 12.6 Å². The number of hydroxylamine groups is 2. The first-order valence-electron chi connectivity index (χ1n) is 10.7. The molecule has 2 saturated heterocycles. The molecule has 2 aromatic carbocycles. The summed E-state index contributed by atoms with van der Waals surface area (Å²) in [6.07, 6.45) is -1.57. The standard InChI is InChI=1S/C24H29NO5/c1-24(2)28-22-20(26)19-13-18(25(30-19)14-16-9-5-3-6-10-16)21(23(22)29-24)27-15-17-11-7-4-8-12-17/h3-12,18-23,26H,13-15H2,1-2H3/t18-,19+,20-,21-,22+,23+/m1/s1. The van der Waals surface area contributed by atoms with Crippen LogP contribution in [0.4, 0.5) is 0 Å². The van der Waals surface area contributed by atoms with E-state index in [-0.39, 0.29) is 24.4 Å². The summed E-state index contributed by atoms with van der Waals surface area (Å²) in [5.74, 6) is -0.772. The molecule has 0 amide bonds. The first-order chi connectivity index (χ1) is 14.5. The summed E-state index contributed by atoms with van der Waals surface area (Å²) in [7, 11) is 0. The fourth-order valence-electron chi connectivity index (χ4n) is 4.81. The summed E-state index contributed by atoms with van der Waals surface area (Å²) >= 11 is 0. The highest BCUT2D eigenvalue weighted by Crippen LogP contribution is 2.43. The van der Waals surface area contributed by atoms with Crippen LogP contribution in [0.2, 0.25) is 0 Å². The quantitative estimate of drug-likeness (QED) is 0.816. The van der Waals surface area contributed by atoms with Gasteiger partial charge in [0.2, 0.25) is 0 Å². The number of aliphatic hydroxyl groups is 1. The molecule has 2 aromatic rings. The number of nitrogens with zero attached hydrogens (tertiary/aromatic N) is 1. The van der Waals surface area contributed by atoms with Crippen LogP contribution >= 0.6 is 0 Å². The SMILES string of the molecule is CC1(C)O[C@@H]2[C@@H](O1)[C@H](O)[C@@H]1C[C@H]([C@H]2OCc2ccccc2)N(Cc2ccccc2)O1. The average molecular weight is 411 g/mol. The maximum Gasteiger partial charge on any atom is 0.164 e. The number of aliphatic hydroxyl groups excluding tert-OH is 1. The van der Waals surface area contributed by atoms with Crippen LogP contribution in [0.5, 0.6) is 0 Å². The van der Waals surface area contributed by atoms with Gasteiger partial charge in [-0.15, -0.1) is 0 Å². The third-order valence-corrected chi connectivity index (χ3v) is 6.17. The highest BCUT2D eigenvalue weighted by Gasteiger charge is 2.59. The van der Waals surface area contributed by atoms with Gasteiger partial charge in [-0.3, -0.25) is 4.84 Å². The summed E-state index contributed by atoms with van der Waals surface area (Å²) in [6, 6.07) is 20.3. The molecule has 6 heteroatoms. The number of hydrogen-bond acceptors (Lipinski definition) is 6. The van der Waals surface area contributed by atoms with Crippen molar-refractivity contribution >= 4 is 0 Å². The summed E-state index contributed by atoms with van der Waals surface area (Å²) < 4.78 is 18.8. The van der Waals surface area contributed by atoms with E-state index in [1.807, 2.05) is 55.3 Å². The minimum absolute atomic E-state index is 0.0407. The van der Waals surface area contributed by atoms with Gasteiger partial charge in [0, 0.05) is 6.54 Å². The van der Waals surface area contributed by atoms with E-state index in [0.717, 1.165) is 11.1 Å². The van der Waals surface area contributed by atoms with Gasteiger partial charge in [-0.2, -0.15) is 5.06 Å². The molecule has 0 spiro atoms. The average Bonchev–Trinajstić information content (AvgIpc) is 3.27. The summed E-state index contributed by atoms with van der Waals surface area (Å²) in [5.41, 5.74) is 2.25. The molecule has 2 aliphatic heterocycles. The Hall–Kier alpha value is -1.80. The molecule has 0 unspecified atom stereocenters. The van der Waals surface area contributed by atoms with Gasteiger partial charge >= 0.3 is 0 Å². The van der Waals surface area contributed by atoms with E-state index in [9.17, 15) is 5.11 Å². The van der Waals surface area contributed by atoms with Crippen molar-refractivity contribution in [2.24, 2.45) is 0 Å². The first-order valence-corrected chi connectivity index (χ1v) is 10.7. The Bertz CT molecular complexity index is 845. The molecule has 1 N–H and O–H groups in total. The van der Waals surface area contributed by atoms with Crippen LogP contribution in [-0.2, 0) is 32.2 Å². The van der Waals surface area contributed by atoms with Crippen molar-refractivity contribution in [3.63, 3.8) is 0 Å². The number of benzene rings is 2. The van der Waals surface area contributed by atoms with Gasteiger partial charge in [0.15, 0.2) is 5.79 Å². The largest absolute Gasteiger partial charge is 0.387 e. The van der Waals surface area contributed by atoms with Crippen LogP contribution in [0.15, 0.2) is 60.7 Å². The molecular formula is C24H29NO5. The second-order valence-electron chi connectivity index (χ2n) is 8.82. The fraction of sp³-hybridized carbons (Fsp3) is 0.500. The molecule has 2 heterocycles. The second-order valence-corrected chi connectivity index (χ2v) is 8.82. The van der Waals surface area contributed by atoms with Crippen LogP contribution < -0.4 is 0 Å². The van der Waals surface area contributed by atoms with E-state index >= 15 is 0 Å². The van der Waals surface area contributed by atoms with Crippen LogP contribution in [-0.4, -0.2) is 52.5 Å². The topological polar surface area (TPSA) is 60.4 Å². The number of ether oxygens (including phenoxy) is 3. The van der Waals surface area contributed by atoms with E-state index < -0.39 is 18.0 Å². The molecule has 3 aliphatic rings. The first kappa shape index (κ1) is 20.1. The van der Waals surface area contributed by atoms with E-state index in [2.05, 4.69) is 24.3 Å². The Morgan fingerprint density at radius 3 is 2.30 bits per heavy atom. The summed E-state index contributed by atoms with van der Waals surface area (Å²) in [4.78, 5) is 6.21. The lowest BCUT2D eigenvalue weighted by atomic mass is 10.0. The van der Waals surface area contributed by atoms with Gasteiger partial charge in [-0.1, -0.05) is 60.7 Å². The van der Waals surface area contributed by atoms with Crippen LogP contribution in [0.25, 0.3) is 0 Å². The normalized spacial score (nSPS) is 35.2. The molecule has 0 radical (unpaired) electrons. The Labute approximate surface area is 177 Å². The smallest absolute Gasteiger partial charge is 0.164 e. The molecule has 30 heavy (non-hydrogen) atoms. The van der Waals surface area contributed by atoms with Crippen molar-refractivity contribution in [2.45, 2.75) is 75.8 Å². The van der Waals surface area contributed by atoms with Gasteiger partial charge in [-0.05, 0) is 31.4 Å². The van der Waals surface area contributed by atoms with Crippen LogP contribution in [0.3, 0.4) is 0 Å². The van der Waals surface area contributed by atoms with E-state index in [0.29, 0.717) is 19.6 Å². The van der Waals surface area contributed by atoms with Crippen molar-refractivity contribution in [1.29, 1.82) is 0 Å². The van der Waals surface area contributed by atoms with Gasteiger partial charge in [-0.25, -0.2) is 0 Å². The van der Waals surface area contributed by atoms with Crippen molar-refractivity contribution in [3.05, 3.63) is 71.8 Å². The molecule has 6 nitrogen and oxygen atoms in total. The predicted octanol–water partition coefficient (Wildman–Crippen LogP) is 3.04. The van der Waals surface area contributed by atoms with E-state index in [1.165, 1.54) is 0 Å². The Morgan fingerprint density at radius 2 is 1.60 bits per heavy atom. The van der Waals surface area contributed by atoms with Crippen molar-refractivity contribution < 1.29 is 24.2 Å². The highest BCUT2D eigenvalue weighted by molar-refractivity contribution is 5.16. The van der Waals surface area contributed by atoms with Gasteiger partial charge < -0.3 is 19.3 Å². The molecule has 1 aliphatic carbocycles. The monoisotopic (exact) mass is 411 g/mol. The summed E-state index contributed by atoms with van der Waals surface area (Å²) in [5, 5.41) is 13.0. The van der Waals surface area contributed by atoms with Crippen molar-refractivity contribution in [2.75, 3.05) is 0 Å². The molecule has 0 aromatic heterocycles. The van der Waals surface area contributed by atoms with Crippen LogP contribution in [0.1, 0.15) is 31.4 Å². The maximum atomic E-state index is 11.1. The number of hydrogen-bond donors (Lipinski definition) is 1. The van der Waals surface area contributed by atoms with Crippen molar-refractivity contribution in [1.82, 2.24) is 5.06 Å². The van der Waals surface area contributed by atoms with Gasteiger partial charge in [0.25, 0.3) is 0 Å².